The average Bonchev–Trinajstić information content (AvgIpc) is 1.94. The second-order valence-corrected chi connectivity index (χ2v) is 1.99. The summed E-state index contributed by atoms with van der Waals surface area (Å²) in [5, 5.41) is 3.32. The summed E-state index contributed by atoms with van der Waals surface area (Å²) in [6, 6.07) is 7.66. The first-order valence-corrected chi connectivity index (χ1v) is 3.03. The molecule has 52 valence electrons. The van der Waals surface area contributed by atoms with Gasteiger partial charge >= 0.3 is 0 Å². The summed E-state index contributed by atoms with van der Waals surface area (Å²) in [6.07, 6.45) is 0. The zero-order valence-electron chi connectivity index (χ0n) is 5.87. The number of aryl methyl sites for hydroxylation is 1. The quantitative estimate of drug-likeness (QED) is 0.449. The first kappa shape index (κ1) is 6.81. The summed E-state index contributed by atoms with van der Waals surface area (Å²) in [7, 11) is 0. The lowest BCUT2D eigenvalue weighted by molar-refractivity contribution is 0.343. The molecule has 0 heterocycles. The second-order valence-electron chi connectivity index (χ2n) is 1.99. The molecular weight excluding hydrogens is 126 g/mol. The van der Waals surface area contributed by atoms with Crippen LogP contribution in [0.4, 0.5) is 0 Å². The molecular formula is C8H9NO. The molecule has 10 heavy (non-hydrogen) atoms. The fourth-order valence-electron chi connectivity index (χ4n) is 0.728. The molecule has 0 aliphatic carbocycles. The number of oxime groups is 1. The van der Waals surface area contributed by atoms with Gasteiger partial charge in [-0.3, -0.25) is 0 Å². The van der Waals surface area contributed by atoms with Crippen molar-refractivity contribution in [1.82, 2.24) is 0 Å². The van der Waals surface area contributed by atoms with E-state index in [4.69, 9.17) is 4.84 Å². The smallest absolute Gasteiger partial charge is 0.160 e. The highest BCUT2D eigenvalue weighted by Gasteiger charge is 1.93. The lowest BCUT2D eigenvalue weighted by Gasteiger charge is -1.99. The van der Waals surface area contributed by atoms with Crippen molar-refractivity contribution >= 4 is 6.72 Å². The summed E-state index contributed by atoms with van der Waals surface area (Å²) in [5.41, 5.74) is 1.06. The topological polar surface area (TPSA) is 21.6 Å². The zero-order valence-corrected chi connectivity index (χ0v) is 5.87. The van der Waals surface area contributed by atoms with Crippen molar-refractivity contribution in [2.75, 3.05) is 0 Å². The van der Waals surface area contributed by atoms with Crippen LogP contribution >= 0.6 is 0 Å². The lowest BCUT2D eigenvalue weighted by Crippen LogP contribution is -1.83. The Morgan fingerprint density at radius 3 is 2.70 bits per heavy atom. The van der Waals surface area contributed by atoms with Crippen molar-refractivity contribution in [3.05, 3.63) is 29.8 Å². The number of hydrogen-bond acceptors (Lipinski definition) is 2. The third-order valence-corrected chi connectivity index (χ3v) is 1.26. The van der Waals surface area contributed by atoms with Gasteiger partial charge in [-0.25, -0.2) is 0 Å². The number of para-hydroxylation sites is 1. The number of hydrogen-bond donors (Lipinski definition) is 0. The van der Waals surface area contributed by atoms with E-state index in [0.717, 1.165) is 11.3 Å². The summed E-state index contributed by atoms with van der Waals surface area (Å²) in [5.74, 6) is 0.762. The van der Waals surface area contributed by atoms with Gasteiger partial charge in [-0.2, -0.15) is 0 Å². The van der Waals surface area contributed by atoms with Crippen LogP contribution in [0, 0.1) is 6.92 Å². The van der Waals surface area contributed by atoms with Crippen molar-refractivity contribution in [3.63, 3.8) is 0 Å². The molecule has 0 aliphatic heterocycles. The Hall–Kier alpha value is -1.31. The molecule has 1 aromatic rings. The summed E-state index contributed by atoms with van der Waals surface area (Å²) in [6.45, 7) is 5.18. The molecule has 2 heteroatoms. The first-order valence-electron chi connectivity index (χ1n) is 3.03. The number of rotatable bonds is 2. The highest BCUT2D eigenvalue weighted by atomic mass is 16.6. The Labute approximate surface area is 60.1 Å². The van der Waals surface area contributed by atoms with Crippen LogP contribution in [-0.2, 0) is 0 Å². The van der Waals surface area contributed by atoms with Gasteiger partial charge in [-0.15, -0.1) is 0 Å². The normalized spacial score (nSPS) is 8.90. The van der Waals surface area contributed by atoms with Crippen LogP contribution in [0.25, 0.3) is 0 Å². The average molecular weight is 135 g/mol. The van der Waals surface area contributed by atoms with Crippen molar-refractivity contribution in [3.8, 4) is 5.75 Å². The third-order valence-electron chi connectivity index (χ3n) is 1.26. The SMILES string of the molecule is C=NOc1ccccc1C. The molecule has 0 atom stereocenters. The van der Waals surface area contributed by atoms with Gasteiger partial charge in [0.15, 0.2) is 5.75 Å². The van der Waals surface area contributed by atoms with E-state index < -0.39 is 0 Å². The number of nitrogens with zero attached hydrogens (tertiary/aromatic N) is 1. The maximum atomic E-state index is 4.85. The maximum absolute atomic E-state index is 4.85. The van der Waals surface area contributed by atoms with Crippen molar-refractivity contribution in [1.29, 1.82) is 0 Å². The van der Waals surface area contributed by atoms with Gasteiger partial charge < -0.3 is 4.84 Å². The van der Waals surface area contributed by atoms with Crippen LogP contribution in [0.2, 0.25) is 0 Å². The Morgan fingerprint density at radius 2 is 2.10 bits per heavy atom. The van der Waals surface area contributed by atoms with E-state index in [0.29, 0.717) is 0 Å². The van der Waals surface area contributed by atoms with Crippen LogP contribution in [0.1, 0.15) is 5.56 Å². The zero-order chi connectivity index (χ0) is 7.40. The first-order chi connectivity index (χ1) is 4.84. The molecule has 0 aromatic heterocycles. The van der Waals surface area contributed by atoms with Crippen molar-refractivity contribution in [2.24, 2.45) is 5.16 Å². The van der Waals surface area contributed by atoms with Crippen LogP contribution in [-0.4, -0.2) is 6.72 Å². The highest BCUT2D eigenvalue weighted by Crippen LogP contribution is 2.15. The Kier molecular flexibility index (Phi) is 2.05. The van der Waals surface area contributed by atoms with E-state index in [2.05, 4.69) is 11.9 Å². The van der Waals surface area contributed by atoms with Gasteiger partial charge in [-0.1, -0.05) is 23.4 Å². The molecule has 0 saturated heterocycles. The van der Waals surface area contributed by atoms with E-state index >= 15 is 0 Å². The van der Waals surface area contributed by atoms with Crippen LogP contribution in [0.15, 0.2) is 29.4 Å². The van der Waals surface area contributed by atoms with Crippen LogP contribution < -0.4 is 4.84 Å². The summed E-state index contributed by atoms with van der Waals surface area (Å²) in [4.78, 5) is 4.85. The minimum absolute atomic E-state index is 0.762. The maximum Gasteiger partial charge on any atom is 0.160 e. The minimum Gasteiger partial charge on any atom is -0.357 e. The predicted molar refractivity (Wildman–Crippen MR) is 41.4 cm³/mol. The predicted octanol–water partition coefficient (Wildman–Crippen LogP) is 1.99. The van der Waals surface area contributed by atoms with Gasteiger partial charge in [-0.05, 0) is 18.6 Å². The summed E-state index contributed by atoms with van der Waals surface area (Å²) >= 11 is 0. The fourth-order valence-corrected chi connectivity index (χ4v) is 0.728. The summed E-state index contributed by atoms with van der Waals surface area (Å²) < 4.78 is 0. The largest absolute Gasteiger partial charge is 0.357 e. The molecule has 0 saturated carbocycles. The Bertz CT molecular complexity index is 232. The Balaban J connectivity index is 2.91. The molecule has 1 aromatic carbocycles. The van der Waals surface area contributed by atoms with E-state index in [1.54, 1.807) is 0 Å². The molecule has 0 spiro atoms. The third kappa shape index (κ3) is 1.35. The van der Waals surface area contributed by atoms with E-state index in [1.807, 2.05) is 31.2 Å². The molecule has 0 radical (unpaired) electrons. The lowest BCUT2D eigenvalue weighted by atomic mass is 10.2. The molecule has 2 nitrogen and oxygen atoms in total. The minimum atomic E-state index is 0.762. The molecule has 0 fully saturated rings. The molecule has 0 bridgehead atoms. The van der Waals surface area contributed by atoms with Gasteiger partial charge in [0.2, 0.25) is 0 Å². The van der Waals surface area contributed by atoms with E-state index in [1.165, 1.54) is 0 Å². The fraction of sp³-hybridized carbons (Fsp3) is 0.125. The van der Waals surface area contributed by atoms with Crippen molar-refractivity contribution < 1.29 is 4.84 Å². The second kappa shape index (κ2) is 3.01. The molecule has 0 N–H and O–H groups in total. The molecule has 0 unspecified atom stereocenters. The molecule has 0 aliphatic rings. The Morgan fingerprint density at radius 1 is 1.40 bits per heavy atom. The monoisotopic (exact) mass is 135 g/mol. The van der Waals surface area contributed by atoms with Gasteiger partial charge in [0, 0.05) is 6.72 Å². The highest BCUT2D eigenvalue weighted by molar-refractivity contribution is 5.32. The van der Waals surface area contributed by atoms with Crippen molar-refractivity contribution in [2.45, 2.75) is 6.92 Å². The standard InChI is InChI=1S/C8H9NO/c1-7-5-3-4-6-8(7)10-9-2/h3-6H,2H2,1H3. The van der Waals surface area contributed by atoms with Gasteiger partial charge in [0.1, 0.15) is 0 Å². The van der Waals surface area contributed by atoms with Gasteiger partial charge in [0.25, 0.3) is 0 Å². The molecule has 1 rings (SSSR count). The van der Waals surface area contributed by atoms with E-state index in [9.17, 15) is 0 Å². The van der Waals surface area contributed by atoms with Crippen LogP contribution in [0.3, 0.4) is 0 Å². The molecule has 0 amide bonds. The van der Waals surface area contributed by atoms with Gasteiger partial charge in [0.05, 0.1) is 0 Å². The number of benzene rings is 1. The van der Waals surface area contributed by atoms with E-state index in [-0.39, 0.29) is 0 Å². The van der Waals surface area contributed by atoms with Crippen LogP contribution in [0.5, 0.6) is 5.75 Å².